The lowest BCUT2D eigenvalue weighted by molar-refractivity contribution is -0.141. The Morgan fingerprint density at radius 2 is 1.89 bits per heavy atom. The van der Waals surface area contributed by atoms with Crippen molar-refractivity contribution in [2.24, 2.45) is 11.7 Å². The molecule has 0 saturated heterocycles. The quantitative estimate of drug-likeness (QED) is 0.779. The summed E-state index contributed by atoms with van der Waals surface area (Å²) in [5.74, 6) is -4.47. The van der Waals surface area contributed by atoms with Gasteiger partial charge in [0.05, 0.1) is 11.8 Å². The van der Waals surface area contributed by atoms with Crippen LogP contribution in [-0.2, 0) is 4.79 Å². The second-order valence-corrected chi connectivity index (χ2v) is 7.34. The zero-order valence-corrected chi connectivity index (χ0v) is 12.6. The highest BCUT2D eigenvalue weighted by atomic mass is 32.2. The molecule has 0 aromatic rings. The van der Waals surface area contributed by atoms with Gasteiger partial charge in [0.2, 0.25) is 5.78 Å². The van der Waals surface area contributed by atoms with Crippen LogP contribution in [0.3, 0.4) is 0 Å². The predicted octanol–water partition coefficient (Wildman–Crippen LogP) is 3.63. The number of thioether (sulfide) groups is 1. The lowest BCUT2D eigenvalue weighted by Crippen LogP contribution is -2.45. The van der Waals surface area contributed by atoms with E-state index in [2.05, 4.69) is 0 Å². The molecule has 0 amide bonds. The number of ketones is 1. The Hall–Kier alpha value is -0.160. The summed E-state index contributed by atoms with van der Waals surface area (Å²) >= 11 is 1.10. The van der Waals surface area contributed by atoms with Crippen LogP contribution < -0.4 is 5.73 Å². The van der Waals surface area contributed by atoms with Crippen molar-refractivity contribution < 1.29 is 13.6 Å². The lowest BCUT2D eigenvalue weighted by Gasteiger charge is -2.26. The van der Waals surface area contributed by atoms with Gasteiger partial charge in [-0.3, -0.25) is 4.79 Å². The Balaban J connectivity index is 2.45. The van der Waals surface area contributed by atoms with Crippen LogP contribution in [0, 0.1) is 5.92 Å². The van der Waals surface area contributed by atoms with E-state index >= 15 is 0 Å². The normalized spacial score (nSPS) is 19.7. The topological polar surface area (TPSA) is 43.1 Å². The molecule has 1 saturated carbocycles. The Morgan fingerprint density at radius 1 is 1.32 bits per heavy atom. The van der Waals surface area contributed by atoms with Crippen LogP contribution in [0.4, 0.5) is 8.78 Å². The van der Waals surface area contributed by atoms with Crippen molar-refractivity contribution in [1.29, 1.82) is 0 Å². The van der Waals surface area contributed by atoms with Crippen molar-refractivity contribution in [2.75, 3.05) is 5.75 Å². The van der Waals surface area contributed by atoms with E-state index in [9.17, 15) is 13.6 Å². The van der Waals surface area contributed by atoms with E-state index in [1.807, 2.05) is 13.8 Å². The van der Waals surface area contributed by atoms with Gasteiger partial charge in [-0.25, -0.2) is 0 Å². The first-order chi connectivity index (χ1) is 8.83. The minimum Gasteiger partial charge on any atom is -0.321 e. The second kappa shape index (κ2) is 7.58. The third-order valence-corrected chi connectivity index (χ3v) is 4.80. The van der Waals surface area contributed by atoms with E-state index in [-0.39, 0.29) is 5.25 Å². The summed E-state index contributed by atoms with van der Waals surface area (Å²) in [4.78, 5) is 11.8. The standard InChI is InChI=1S/C14H25F2NOS/c1-10(2)19-9-14(15,16)13(18)12(17)8-11-6-4-3-5-7-11/h10-12H,3-9,17H2,1-2H3. The van der Waals surface area contributed by atoms with Crippen LogP contribution in [0.15, 0.2) is 0 Å². The maximum Gasteiger partial charge on any atom is 0.315 e. The van der Waals surface area contributed by atoms with Crippen molar-refractivity contribution in [3.8, 4) is 0 Å². The fourth-order valence-electron chi connectivity index (χ4n) is 2.50. The average Bonchev–Trinajstić information content (AvgIpc) is 2.36. The van der Waals surface area contributed by atoms with E-state index in [0.717, 1.165) is 37.4 Å². The molecule has 5 heteroatoms. The average molecular weight is 293 g/mol. The molecule has 1 fully saturated rings. The molecular weight excluding hydrogens is 268 g/mol. The molecule has 0 radical (unpaired) electrons. The van der Waals surface area contributed by atoms with Gasteiger partial charge in [0, 0.05) is 0 Å². The molecule has 0 aromatic carbocycles. The van der Waals surface area contributed by atoms with Gasteiger partial charge in [-0.15, -0.1) is 0 Å². The molecule has 0 aromatic heterocycles. The SMILES string of the molecule is CC(C)SCC(F)(F)C(=O)C(N)CC1CCCCC1. The lowest BCUT2D eigenvalue weighted by atomic mass is 9.83. The first kappa shape index (κ1) is 16.9. The van der Waals surface area contributed by atoms with E-state index in [4.69, 9.17) is 5.73 Å². The summed E-state index contributed by atoms with van der Waals surface area (Å²) in [6.45, 7) is 3.68. The summed E-state index contributed by atoms with van der Waals surface area (Å²) in [5, 5.41) is 0.0910. The van der Waals surface area contributed by atoms with Crippen LogP contribution >= 0.6 is 11.8 Å². The molecule has 19 heavy (non-hydrogen) atoms. The maximum absolute atomic E-state index is 13.7. The molecule has 2 N–H and O–H groups in total. The molecule has 1 atom stereocenters. The fourth-order valence-corrected chi connectivity index (χ4v) is 3.19. The van der Waals surface area contributed by atoms with Gasteiger partial charge in [-0.2, -0.15) is 20.5 Å². The Bertz CT molecular complexity index is 291. The number of halogens is 2. The smallest absolute Gasteiger partial charge is 0.315 e. The monoisotopic (exact) mass is 293 g/mol. The van der Waals surface area contributed by atoms with Crippen LogP contribution in [0.5, 0.6) is 0 Å². The molecule has 0 bridgehead atoms. The zero-order valence-electron chi connectivity index (χ0n) is 11.8. The molecule has 1 rings (SSSR count). The number of carbonyl (C=O) groups is 1. The van der Waals surface area contributed by atoms with E-state index in [1.165, 1.54) is 6.42 Å². The van der Waals surface area contributed by atoms with Gasteiger partial charge in [0.15, 0.2) is 0 Å². The minimum atomic E-state index is -3.29. The minimum absolute atomic E-state index is 0.0910. The van der Waals surface area contributed by atoms with E-state index in [0.29, 0.717) is 12.3 Å². The van der Waals surface area contributed by atoms with Crippen molar-refractivity contribution in [1.82, 2.24) is 0 Å². The first-order valence-electron chi connectivity index (χ1n) is 7.12. The van der Waals surface area contributed by atoms with Crippen molar-refractivity contribution >= 4 is 17.5 Å². The summed E-state index contributed by atoms with van der Waals surface area (Å²) < 4.78 is 27.5. The van der Waals surface area contributed by atoms with Crippen LogP contribution in [0.25, 0.3) is 0 Å². The van der Waals surface area contributed by atoms with Gasteiger partial charge in [-0.1, -0.05) is 46.0 Å². The molecule has 1 aliphatic carbocycles. The summed E-state index contributed by atoms with van der Waals surface area (Å²) in [7, 11) is 0. The van der Waals surface area contributed by atoms with E-state index in [1.54, 1.807) is 0 Å². The predicted molar refractivity (Wildman–Crippen MR) is 76.7 cm³/mol. The molecule has 0 heterocycles. The molecule has 112 valence electrons. The number of Topliss-reactive ketones (excluding diaryl/α,β-unsaturated/α-hetero) is 1. The fraction of sp³-hybridized carbons (Fsp3) is 0.929. The second-order valence-electron chi connectivity index (χ2n) is 5.77. The Morgan fingerprint density at radius 3 is 2.42 bits per heavy atom. The Kier molecular flexibility index (Phi) is 6.74. The number of hydrogen-bond acceptors (Lipinski definition) is 3. The highest BCUT2D eigenvalue weighted by molar-refractivity contribution is 7.99. The third kappa shape index (κ3) is 5.78. The van der Waals surface area contributed by atoms with Gasteiger partial charge >= 0.3 is 5.92 Å². The van der Waals surface area contributed by atoms with Gasteiger partial charge in [-0.05, 0) is 17.6 Å². The maximum atomic E-state index is 13.7. The summed E-state index contributed by atoms with van der Waals surface area (Å²) in [6, 6.07) is -1.01. The van der Waals surface area contributed by atoms with Gasteiger partial charge in [0.25, 0.3) is 0 Å². The number of carbonyl (C=O) groups excluding carboxylic acids is 1. The third-order valence-electron chi connectivity index (χ3n) is 3.61. The molecule has 1 aliphatic rings. The van der Waals surface area contributed by atoms with Crippen LogP contribution in [0.1, 0.15) is 52.4 Å². The summed E-state index contributed by atoms with van der Waals surface area (Å²) in [5.41, 5.74) is 5.70. The van der Waals surface area contributed by atoms with Gasteiger partial charge in [0.1, 0.15) is 0 Å². The van der Waals surface area contributed by atoms with Gasteiger partial charge < -0.3 is 5.73 Å². The van der Waals surface area contributed by atoms with E-state index < -0.39 is 23.5 Å². The molecule has 1 unspecified atom stereocenters. The van der Waals surface area contributed by atoms with Crippen LogP contribution in [-0.4, -0.2) is 28.8 Å². The highest BCUT2D eigenvalue weighted by Gasteiger charge is 2.42. The zero-order chi connectivity index (χ0) is 14.5. The molecular formula is C14H25F2NOS. The van der Waals surface area contributed by atoms with Crippen molar-refractivity contribution in [2.45, 2.75) is 69.6 Å². The molecule has 2 nitrogen and oxygen atoms in total. The molecule has 0 spiro atoms. The Labute approximate surface area is 118 Å². The van der Waals surface area contributed by atoms with Crippen LogP contribution in [0.2, 0.25) is 0 Å². The van der Waals surface area contributed by atoms with Crippen molar-refractivity contribution in [3.05, 3.63) is 0 Å². The number of rotatable bonds is 7. The molecule has 0 aliphatic heterocycles. The first-order valence-corrected chi connectivity index (χ1v) is 8.17. The largest absolute Gasteiger partial charge is 0.321 e. The number of hydrogen-bond donors (Lipinski definition) is 1. The highest BCUT2D eigenvalue weighted by Crippen LogP contribution is 2.30. The number of nitrogens with two attached hydrogens (primary N) is 1. The number of alkyl halides is 2. The summed E-state index contributed by atoms with van der Waals surface area (Å²) in [6.07, 6.45) is 5.93. The van der Waals surface area contributed by atoms with Crippen molar-refractivity contribution in [3.63, 3.8) is 0 Å².